The molecule has 0 saturated heterocycles. The van der Waals surface area contributed by atoms with Gasteiger partial charge in [0.1, 0.15) is 11.6 Å². The lowest BCUT2D eigenvalue weighted by Gasteiger charge is -2.08. The summed E-state index contributed by atoms with van der Waals surface area (Å²) in [5.41, 5.74) is 1.74. The van der Waals surface area contributed by atoms with E-state index in [-0.39, 0.29) is 10.6 Å². The van der Waals surface area contributed by atoms with E-state index >= 15 is 0 Å². The molecule has 0 aliphatic heterocycles. The molecule has 0 N–H and O–H groups in total. The highest BCUT2D eigenvalue weighted by molar-refractivity contribution is 9.09. The van der Waals surface area contributed by atoms with Crippen LogP contribution in [0.2, 0.25) is 0 Å². The normalized spacial score (nSPS) is 13.2. The van der Waals surface area contributed by atoms with Gasteiger partial charge in [-0.2, -0.15) is 0 Å². The number of imidazole rings is 1. The fraction of sp³-hybridized carbons (Fsp3) is 0.417. The molecule has 1 unspecified atom stereocenters. The van der Waals surface area contributed by atoms with Crippen molar-refractivity contribution in [2.75, 3.05) is 0 Å². The highest BCUT2D eigenvalue weighted by Crippen LogP contribution is 2.26. The molecule has 0 fully saturated rings. The maximum Gasteiger partial charge on any atom is 0.125 e. The Kier molecular flexibility index (Phi) is 3.28. The largest absolute Gasteiger partial charge is 0.327 e. The van der Waals surface area contributed by atoms with Gasteiger partial charge in [0.05, 0.1) is 15.9 Å². The van der Waals surface area contributed by atoms with Crippen LogP contribution in [0, 0.1) is 5.82 Å². The van der Waals surface area contributed by atoms with Crippen molar-refractivity contribution in [2.45, 2.75) is 31.6 Å². The van der Waals surface area contributed by atoms with Crippen LogP contribution in [0.5, 0.6) is 0 Å². The van der Waals surface area contributed by atoms with E-state index in [1.165, 1.54) is 12.1 Å². The van der Waals surface area contributed by atoms with Crippen LogP contribution in [0.25, 0.3) is 11.0 Å². The predicted octanol–water partition coefficient (Wildman–Crippen LogP) is 4.04. The highest BCUT2D eigenvalue weighted by atomic mass is 79.9. The van der Waals surface area contributed by atoms with Crippen molar-refractivity contribution >= 4 is 27.0 Å². The minimum atomic E-state index is -0.234. The Morgan fingerprint density at radius 3 is 2.88 bits per heavy atom. The topological polar surface area (TPSA) is 17.8 Å². The van der Waals surface area contributed by atoms with Crippen LogP contribution in [0.4, 0.5) is 4.39 Å². The number of benzene rings is 1. The molecule has 1 heterocycles. The molecule has 0 aliphatic rings. The molecule has 0 amide bonds. The van der Waals surface area contributed by atoms with Crippen LogP contribution >= 0.6 is 15.9 Å². The number of hydrogen-bond donors (Lipinski definition) is 0. The molecule has 2 aromatic rings. The Hall–Kier alpha value is -0.900. The van der Waals surface area contributed by atoms with Crippen molar-refractivity contribution in [3.63, 3.8) is 0 Å². The second kappa shape index (κ2) is 4.53. The molecular formula is C12H14BrFN2. The molecule has 1 atom stereocenters. The van der Waals surface area contributed by atoms with Crippen LogP contribution in [0.1, 0.15) is 30.9 Å². The number of alkyl halides is 1. The van der Waals surface area contributed by atoms with E-state index in [0.29, 0.717) is 0 Å². The minimum absolute atomic E-state index is 0.175. The van der Waals surface area contributed by atoms with Gasteiger partial charge in [-0.05, 0) is 25.5 Å². The van der Waals surface area contributed by atoms with E-state index in [4.69, 9.17) is 0 Å². The van der Waals surface area contributed by atoms with Gasteiger partial charge in [0.2, 0.25) is 0 Å². The molecule has 0 bridgehead atoms. The molecule has 2 nitrogen and oxygen atoms in total. The van der Waals surface area contributed by atoms with Crippen LogP contribution in [-0.2, 0) is 6.54 Å². The van der Waals surface area contributed by atoms with E-state index in [2.05, 4.69) is 32.4 Å². The maximum absolute atomic E-state index is 13.1. The van der Waals surface area contributed by atoms with Crippen LogP contribution in [0.15, 0.2) is 18.2 Å². The van der Waals surface area contributed by atoms with Crippen molar-refractivity contribution in [1.82, 2.24) is 9.55 Å². The number of aryl methyl sites for hydroxylation is 1. The van der Waals surface area contributed by atoms with Crippen LogP contribution < -0.4 is 0 Å². The van der Waals surface area contributed by atoms with Gasteiger partial charge in [-0.25, -0.2) is 9.37 Å². The zero-order valence-electron chi connectivity index (χ0n) is 9.37. The summed E-state index contributed by atoms with van der Waals surface area (Å²) in [4.78, 5) is 4.64. The Morgan fingerprint density at radius 1 is 1.50 bits per heavy atom. The van der Waals surface area contributed by atoms with Gasteiger partial charge < -0.3 is 4.57 Å². The third-order valence-electron chi connectivity index (χ3n) is 2.54. The van der Waals surface area contributed by atoms with Crippen molar-refractivity contribution in [2.24, 2.45) is 0 Å². The monoisotopic (exact) mass is 284 g/mol. The van der Waals surface area contributed by atoms with E-state index in [1.54, 1.807) is 6.07 Å². The summed E-state index contributed by atoms with van der Waals surface area (Å²) in [6.45, 7) is 5.06. The number of fused-ring (bicyclic) bond motifs is 1. The summed E-state index contributed by atoms with van der Waals surface area (Å²) in [6.07, 6.45) is 1.04. The second-order valence-corrected chi connectivity index (χ2v) is 5.24. The van der Waals surface area contributed by atoms with Gasteiger partial charge in [0.15, 0.2) is 0 Å². The minimum Gasteiger partial charge on any atom is -0.327 e. The predicted molar refractivity (Wildman–Crippen MR) is 67.3 cm³/mol. The summed E-state index contributed by atoms with van der Waals surface area (Å²) in [7, 11) is 0. The number of halogens is 2. The van der Waals surface area contributed by atoms with E-state index < -0.39 is 0 Å². The SMILES string of the molecule is CCCn1c(C(C)Br)nc2cc(F)ccc21. The van der Waals surface area contributed by atoms with Gasteiger partial charge in [-0.15, -0.1) is 0 Å². The first kappa shape index (κ1) is 11.6. The molecule has 2 rings (SSSR count). The smallest absolute Gasteiger partial charge is 0.125 e. The van der Waals surface area contributed by atoms with Gasteiger partial charge in [-0.3, -0.25) is 0 Å². The van der Waals surface area contributed by atoms with Crippen molar-refractivity contribution in [3.8, 4) is 0 Å². The average molecular weight is 285 g/mol. The lowest BCUT2D eigenvalue weighted by molar-refractivity contribution is 0.629. The average Bonchev–Trinajstić information content (AvgIpc) is 2.57. The zero-order valence-corrected chi connectivity index (χ0v) is 11.0. The lowest BCUT2D eigenvalue weighted by Crippen LogP contribution is -2.03. The Balaban J connectivity index is 2.65. The number of aromatic nitrogens is 2. The zero-order chi connectivity index (χ0) is 11.7. The molecular weight excluding hydrogens is 271 g/mol. The van der Waals surface area contributed by atoms with E-state index in [9.17, 15) is 4.39 Å². The maximum atomic E-state index is 13.1. The fourth-order valence-corrected chi connectivity index (χ4v) is 2.23. The van der Waals surface area contributed by atoms with Crippen LogP contribution in [0.3, 0.4) is 0 Å². The fourth-order valence-electron chi connectivity index (χ4n) is 1.88. The van der Waals surface area contributed by atoms with Crippen molar-refractivity contribution < 1.29 is 4.39 Å². The van der Waals surface area contributed by atoms with Gasteiger partial charge in [0, 0.05) is 12.6 Å². The summed E-state index contributed by atoms with van der Waals surface area (Å²) >= 11 is 3.52. The third kappa shape index (κ3) is 1.98. The van der Waals surface area contributed by atoms with E-state index in [0.717, 1.165) is 29.8 Å². The summed E-state index contributed by atoms with van der Waals surface area (Å²) in [5, 5.41) is 0. The molecule has 16 heavy (non-hydrogen) atoms. The Labute approximate surface area is 103 Å². The quantitative estimate of drug-likeness (QED) is 0.778. The molecule has 1 aromatic carbocycles. The molecule has 0 saturated carbocycles. The summed E-state index contributed by atoms with van der Waals surface area (Å²) in [6, 6.07) is 4.77. The number of nitrogens with zero attached hydrogens (tertiary/aromatic N) is 2. The number of rotatable bonds is 3. The summed E-state index contributed by atoms with van der Waals surface area (Å²) in [5.74, 6) is 0.727. The second-order valence-electron chi connectivity index (χ2n) is 3.87. The molecule has 0 aliphatic carbocycles. The highest BCUT2D eigenvalue weighted by Gasteiger charge is 2.14. The summed E-state index contributed by atoms with van der Waals surface area (Å²) < 4.78 is 15.3. The molecule has 0 spiro atoms. The Morgan fingerprint density at radius 2 is 2.25 bits per heavy atom. The van der Waals surface area contributed by atoms with Gasteiger partial charge >= 0.3 is 0 Å². The first-order valence-corrected chi connectivity index (χ1v) is 6.34. The van der Waals surface area contributed by atoms with Crippen LogP contribution in [-0.4, -0.2) is 9.55 Å². The van der Waals surface area contributed by atoms with Gasteiger partial charge in [0.25, 0.3) is 0 Å². The van der Waals surface area contributed by atoms with Crippen molar-refractivity contribution in [1.29, 1.82) is 0 Å². The first-order chi connectivity index (χ1) is 7.63. The molecule has 4 heteroatoms. The molecule has 1 aromatic heterocycles. The first-order valence-electron chi connectivity index (χ1n) is 5.43. The molecule has 86 valence electrons. The molecule has 0 radical (unpaired) electrons. The van der Waals surface area contributed by atoms with Gasteiger partial charge in [-0.1, -0.05) is 22.9 Å². The Bertz CT molecular complexity index is 505. The third-order valence-corrected chi connectivity index (χ3v) is 2.95. The standard InChI is InChI=1S/C12H14BrFN2/c1-3-6-16-11-5-4-9(14)7-10(11)15-12(16)8(2)13/h4-5,7-8H,3,6H2,1-2H3. The lowest BCUT2D eigenvalue weighted by atomic mass is 10.3. The number of hydrogen-bond acceptors (Lipinski definition) is 1. The van der Waals surface area contributed by atoms with E-state index in [1.807, 2.05) is 6.92 Å². The van der Waals surface area contributed by atoms with Crippen molar-refractivity contribution in [3.05, 3.63) is 29.8 Å².